The summed E-state index contributed by atoms with van der Waals surface area (Å²) in [5, 5.41) is 9.58. The second kappa shape index (κ2) is 3.35. The lowest BCUT2D eigenvalue weighted by Gasteiger charge is -2.05. The summed E-state index contributed by atoms with van der Waals surface area (Å²) in [5.74, 6) is 0.809. The summed E-state index contributed by atoms with van der Waals surface area (Å²) in [6.07, 6.45) is 6.89. The molecule has 1 N–H and O–H groups in total. The van der Waals surface area contributed by atoms with Gasteiger partial charge in [-0.05, 0) is 35.2 Å². The van der Waals surface area contributed by atoms with Crippen LogP contribution in [-0.2, 0) is 6.42 Å². The fourth-order valence-electron chi connectivity index (χ4n) is 1.21. The monoisotopic (exact) mass is 242 g/mol. The number of hydrogen-bond donors (Lipinski definition) is 1. The minimum absolute atomic E-state index is 0.392. The molecule has 2 rings (SSSR count). The van der Waals surface area contributed by atoms with Crippen molar-refractivity contribution in [2.24, 2.45) is 0 Å². The van der Waals surface area contributed by atoms with E-state index >= 15 is 0 Å². The van der Waals surface area contributed by atoms with Crippen LogP contribution in [0.25, 0.3) is 0 Å². The standard InChI is InChI=1S/C9H11BrN2O/c10-7-5-11-8(12-6-7)1-2-9(13)3-4-9/h5-6,13H,1-4H2. The molecule has 13 heavy (non-hydrogen) atoms. The van der Waals surface area contributed by atoms with Crippen molar-refractivity contribution >= 4 is 15.9 Å². The van der Waals surface area contributed by atoms with Crippen LogP contribution in [0.3, 0.4) is 0 Å². The van der Waals surface area contributed by atoms with Crippen LogP contribution in [-0.4, -0.2) is 20.7 Å². The number of hydrogen-bond acceptors (Lipinski definition) is 3. The van der Waals surface area contributed by atoms with Crippen molar-refractivity contribution in [3.05, 3.63) is 22.7 Å². The lowest BCUT2D eigenvalue weighted by molar-refractivity contribution is 0.140. The first-order valence-corrected chi connectivity index (χ1v) is 5.16. The molecule has 0 aliphatic heterocycles. The van der Waals surface area contributed by atoms with Gasteiger partial charge in [-0.25, -0.2) is 9.97 Å². The van der Waals surface area contributed by atoms with Crippen LogP contribution in [0.2, 0.25) is 0 Å². The third kappa shape index (κ3) is 2.48. The Hall–Kier alpha value is -0.480. The topological polar surface area (TPSA) is 46.0 Å². The van der Waals surface area contributed by atoms with Crippen LogP contribution in [0.5, 0.6) is 0 Å². The van der Waals surface area contributed by atoms with Gasteiger partial charge in [-0.3, -0.25) is 0 Å². The van der Waals surface area contributed by atoms with E-state index in [0.717, 1.165) is 36.0 Å². The Labute approximate surface area is 85.4 Å². The molecule has 1 fully saturated rings. The summed E-state index contributed by atoms with van der Waals surface area (Å²) in [5.41, 5.74) is -0.392. The Morgan fingerprint density at radius 2 is 2.00 bits per heavy atom. The summed E-state index contributed by atoms with van der Waals surface area (Å²) in [6.45, 7) is 0. The van der Waals surface area contributed by atoms with Gasteiger partial charge in [-0.1, -0.05) is 0 Å². The maximum Gasteiger partial charge on any atom is 0.128 e. The first kappa shape index (κ1) is 9.09. The van der Waals surface area contributed by atoms with Crippen LogP contribution < -0.4 is 0 Å². The molecule has 1 saturated carbocycles. The molecule has 3 nitrogen and oxygen atoms in total. The van der Waals surface area contributed by atoms with Crippen molar-refractivity contribution in [3.8, 4) is 0 Å². The van der Waals surface area contributed by atoms with Gasteiger partial charge in [0.15, 0.2) is 0 Å². The van der Waals surface area contributed by atoms with E-state index in [0.29, 0.717) is 0 Å². The molecule has 70 valence electrons. The molecule has 1 aliphatic rings. The molecular weight excluding hydrogens is 232 g/mol. The molecule has 0 radical (unpaired) electrons. The van der Waals surface area contributed by atoms with Crippen LogP contribution >= 0.6 is 15.9 Å². The molecule has 1 aromatic rings. The second-order valence-corrected chi connectivity index (χ2v) is 4.46. The number of aliphatic hydroxyl groups is 1. The van der Waals surface area contributed by atoms with E-state index in [2.05, 4.69) is 25.9 Å². The number of aromatic nitrogens is 2. The second-order valence-electron chi connectivity index (χ2n) is 3.54. The normalized spacial score (nSPS) is 18.6. The minimum atomic E-state index is -0.392. The van der Waals surface area contributed by atoms with Gasteiger partial charge in [0.2, 0.25) is 0 Å². The maximum absolute atomic E-state index is 9.58. The highest BCUT2D eigenvalue weighted by Gasteiger charge is 2.39. The van der Waals surface area contributed by atoms with Gasteiger partial charge in [0.05, 0.1) is 10.1 Å². The molecule has 1 aromatic heterocycles. The Morgan fingerprint density at radius 3 is 2.54 bits per heavy atom. The Morgan fingerprint density at radius 1 is 1.38 bits per heavy atom. The molecule has 0 atom stereocenters. The molecule has 0 bridgehead atoms. The average Bonchev–Trinajstić information content (AvgIpc) is 2.84. The lowest BCUT2D eigenvalue weighted by Crippen LogP contribution is -2.09. The highest BCUT2D eigenvalue weighted by Crippen LogP contribution is 2.38. The van der Waals surface area contributed by atoms with E-state index < -0.39 is 5.60 Å². The Bertz CT molecular complexity index is 295. The van der Waals surface area contributed by atoms with E-state index in [1.165, 1.54) is 0 Å². The largest absolute Gasteiger partial charge is 0.390 e. The average molecular weight is 243 g/mol. The molecule has 4 heteroatoms. The van der Waals surface area contributed by atoms with Crippen LogP contribution in [0.1, 0.15) is 25.1 Å². The number of rotatable bonds is 3. The van der Waals surface area contributed by atoms with Crippen molar-refractivity contribution in [2.75, 3.05) is 0 Å². The first-order chi connectivity index (χ1) is 6.18. The fourth-order valence-corrected chi connectivity index (χ4v) is 1.41. The van der Waals surface area contributed by atoms with Crippen molar-refractivity contribution in [1.29, 1.82) is 0 Å². The predicted octanol–water partition coefficient (Wildman–Crippen LogP) is 1.70. The molecular formula is C9H11BrN2O. The highest BCUT2D eigenvalue weighted by atomic mass is 79.9. The predicted molar refractivity (Wildman–Crippen MR) is 52.2 cm³/mol. The van der Waals surface area contributed by atoms with Gasteiger partial charge in [-0.15, -0.1) is 0 Å². The zero-order valence-electron chi connectivity index (χ0n) is 7.20. The molecule has 0 unspecified atom stereocenters. The number of nitrogens with zero attached hydrogens (tertiary/aromatic N) is 2. The third-order valence-corrected chi connectivity index (χ3v) is 2.72. The van der Waals surface area contributed by atoms with Crippen LogP contribution in [0, 0.1) is 0 Å². The number of halogens is 1. The molecule has 0 aromatic carbocycles. The van der Waals surface area contributed by atoms with Gasteiger partial charge >= 0.3 is 0 Å². The van der Waals surface area contributed by atoms with Gasteiger partial charge in [0, 0.05) is 18.8 Å². The summed E-state index contributed by atoms with van der Waals surface area (Å²) < 4.78 is 0.890. The number of aryl methyl sites for hydroxylation is 1. The summed E-state index contributed by atoms with van der Waals surface area (Å²) >= 11 is 3.27. The zero-order chi connectivity index (χ0) is 9.31. The molecule has 0 spiro atoms. The SMILES string of the molecule is OC1(CCc2ncc(Br)cn2)CC1. The van der Waals surface area contributed by atoms with Crippen molar-refractivity contribution in [1.82, 2.24) is 9.97 Å². The molecule has 0 amide bonds. The van der Waals surface area contributed by atoms with Crippen molar-refractivity contribution < 1.29 is 5.11 Å². The van der Waals surface area contributed by atoms with E-state index in [1.807, 2.05) is 0 Å². The Balaban J connectivity index is 1.91. The van der Waals surface area contributed by atoms with E-state index in [1.54, 1.807) is 12.4 Å². The highest BCUT2D eigenvalue weighted by molar-refractivity contribution is 9.10. The lowest BCUT2D eigenvalue weighted by atomic mass is 10.2. The van der Waals surface area contributed by atoms with E-state index in [9.17, 15) is 5.11 Å². The summed E-state index contributed by atoms with van der Waals surface area (Å²) in [7, 11) is 0. The van der Waals surface area contributed by atoms with Crippen LogP contribution in [0.15, 0.2) is 16.9 Å². The quantitative estimate of drug-likeness (QED) is 0.878. The first-order valence-electron chi connectivity index (χ1n) is 4.37. The van der Waals surface area contributed by atoms with Crippen molar-refractivity contribution in [3.63, 3.8) is 0 Å². The van der Waals surface area contributed by atoms with E-state index in [-0.39, 0.29) is 0 Å². The smallest absolute Gasteiger partial charge is 0.128 e. The maximum atomic E-state index is 9.58. The van der Waals surface area contributed by atoms with Crippen LogP contribution in [0.4, 0.5) is 0 Å². The van der Waals surface area contributed by atoms with Gasteiger partial charge < -0.3 is 5.11 Å². The molecule has 0 saturated heterocycles. The van der Waals surface area contributed by atoms with Gasteiger partial charge in [0.25, 0.3) is 0 Å². The third-order valence-electron chi connectivity index (χ3n) is 2.31. The minimum Gasteiger partial charge on any atom is -0.390 e. The zero-order valence-corrected chi connectivity index (χ0v) is 8.79. The Kier molecular flexibility index (Phi) is 2.34. The van der Waals surface area contributed by atoms with E-state index in [4.69, 9.17) is 0 Å². The summed E-state index contributed by atoms with van der Waals surface area (Å²) in [6, 6.07) is 0. The van der Waals surface area contributed by atoms with Crippen molar-refractivity contribution in [2.45, 2.75) is 31.3 Å². The van der Waals surface area contributed by atoms with Gasteiger partial charge in [-0.2, -0.15) is 0 Å². The summed E-state index contributed by atoms with van der Waals surface area (Å²) in [4.78, 5) is 8.28. The molecule has 1 heterocycles. The van der Waals surface area contributed by atoms with Gasteiger partial charge in [0.1, 0.15) is 5.82 Å². The fraction of sp³-hybridized carbons (Fsp3) is 0.556. The molecule has 1 aliphatic carbocycles.